The summed E-state index contributed by atoms with van der Waals surface area (Å²) in [4.78, 5) is 29.7. The summed E-state index contributed by atoms with van der Waals surface area (Å²) in [7, 11) is 1.50. The number of carbonyl (C=O) groups is 2. The van der Waals surface area contributed by atoms with Gasteiger partial charge in [-0.1, -0.05) is 54.6 Å². The quantitative estimate of drug-likeness (QED) is 0.544. The predicted molar refractivity (Wildman–Crippen MR) is 133 cm³/mol. The smallest absolute Gasteiger partial charge is 0.264 e. The standard InChI is InChI=1S/C28H29N3O4/c1-29-23(32)16-28(35)21-10-2-3-11-22(21)31(27(28)34)18-12-14-30(15-13-18)25-19-8-4-6-17-7-5-9-20(24(17)19)26(25)33/h2-11,18,25-26,33,35H,12-16H2,1H3,(H,29,32)/t25-,26-,28?/m0/s1. The van der Waals surface area contributed by atoms with Crippen LogP contribution in [0.3, 0.4) is 0 Å². The van der Waals surface area contributed by atoms with E-state index in [4.69, 9.17) is 0 Å². The SMILES string of the molecule is CNC(=O)CC1(O)C(=O)N(C2CCN([C@H]3c4cccc5cccc(c45)[C@@H]3O)CC2)c2ccccc21. The zero-order valence-electron chi connectivity index (χ0n) is 19.6. The number of likely N-dealkylation sites (tertiary alicyclic amines) is 1. The summed E-state index contributed by atoms with van der Waals surface area (Å²) >= 11 is 0. The Labute approximate surface area is 204 Å². The van der Waals surface area contributed by atoms with Crippen LogP contribution in [-0.2, 0) is 15.2 Å². The van der Waals surface area contributed by atoms with Gasteiger partial charge in [0, 0.05) is 31.7 Å². The molecule has 0 aromatic heterocycles. The van der Waals surface area contributed by atoms with Gasteiger partial charge in [-0.25, -0.2) is 0 Å². The first-order chi connectivity index (χ1) is 16.9. The average Bonchev–Trinajstić information content (AvgIpc) is 3.29. The summed E-state index contributed by atoms with van der Waals surface area (Å²) < 4.78 is 0. The van der Waals surface area contributed by atoms with E-state index in [-0.39, 0.29) is 24.4 Å². The number of para-hydroxylation sites is 1. The van der Waals surface area contributed by atoms with E-state index in [0.29, 0.717) is 24.1 Å². The minimum absolute atomic E-state index is 0.0877. The van der Waals surface area contributed by atoms with Gasteiger partial charge < -0.3 is 20.4 Å². The van der Waals surface area contributed by atoms with E-state index < -0.39 is 17.6 Å². The second-order valence-electron chi connectivity index (χ2n) is 9.85. The van der Waals surface area contributed by atoms with Crippen LogP contribution in [-0.4, -0.2) is 53.1 Å². The van der Waals surface area contributed by atoms with Crippen molar-refractivity contribution in [3.8, 4) is 0 Å². The Morgan fingerprint density at radius 2 is 1.71 bits per heavy atom. The van der Waals surface area contributed by atoms with Gasteiger partial charge in [0.05, 0.1) is 24.3 Å². The van der Waals surface area contributed by atoms with Crippen molar-refractivity contribution in [3.63, 3.8) is 0 Å². The maximum absolute atomic E-state index is 13.5. The van der Waals surface area contributed by atoms with Gasteiger partial charge in [-0.3, -0.25) is 14.5 Å². The molecule has 0 radical (unpaired) electrons. The van der Waals surface area contributed by atoms with Crippen molar-refractivity contribution in [3.05, 3.63) is 77.4 Å². The molecule has 3 N–H and O–H groups in total. The fourth-order valence-electron chi connectivity index (χ4n) is 6.36. The van der Waals surface area contributed by atoms with Crippen molar-refractivity contribution in [2.24, 2.45) is 0 Å². The maximum Gasteiger partial charge on any atom is 0.264 e. The van der Waals surface area contributed by atoms with Crippen LogP contribution in [0, 0.1) is 0 Å². The number of nitrogens with one attached hydrogen (secondary N) is 1. The van der Waals surface area contributed by atoms with E-state index in [1.165, 1.54) is 7.05 Å². The molecule has 0 saturated carbocycles. The van der Waals surface area contributed by atoms with Gasteiger partial charge in [0.25, 0.3) is 5.91 Å². The summed E-state index contributed by atoms with van der Waals surface area (Å²) in [6.07, 6.45) is 0.544. The van der Waals surface area contributed by atoms with Gasteiger partial charge in [-0.2, -0.15) is 0 Å². The first-order valence-corrected chi connectivity index (χ1v) is 12.2. The summed E-state index contributed by atoms with van der Waals surface area (Å²) in [5.41, 5.74) is 1.46. The van der Waals surface area contributed by atoms with Crippen LogP contribution in [0.5, 0.6) is 0 Å². The Balaban J connectivity index is 1.25. The third kappa shape index (κ3) is 3.22. The molecule has 1 aliphatic carbocycles. The van der Waals surface area contributed by atoms with Gasteiger partial charge >= 0.3 is 0 Å². The highest BCUT2D eigenvalue weighted by molar-refractivity contribution is 6.09. The molecule has 3 aliphatic rings. The highest BCUT2D eigenvalue weighted by atomic mass is 16.3. The average molecular weight is 472 g/mol. The number of anilines is 1. The number of fused-ring (bicyclic) bond motifs is 1. The second-order valence-corrected chi connectivity index (χ2v) is 9.85. The number of amides is 2. The third-order valence-corrected chi connectivity index (χ3v) is 8.04. The molecule has 1 unspecified atom stereocenters. The van der Waals surface area contributed by atoms with E-state index in [9.17, 15) is 19.8 Å². The van der Waals surface area contributed by atoms with Gasteiger partial charge in [0.1, 0.15) is 0 Å². The molecule has 2 amide bonds. The zero-order valence-corrected chi connectivity index (χ0v) is 19.6. The number of piperidine rings is 1. The fourth-order valence-corrected chi connectivity index (χ4v) is 6.36. The van der Waals surface area contributed by atoms with Crippen LogP contribution >= 0.6 is 0 Å². The summed E-state index contributed by atoms with van der Waals surface area (Å²) in [5.74, 6) is -0.810. The van der Waals surface area contributed by atoms with Crippen LogP contribution in [0.2, 0.25) is 0 Å². The molecule has 3 atom stereocenters. The number of aliphatic hydroxyl groups is 2. The van der Waals surface area contributed by atoms with E-state index in [1.807, 2.05) is 30.3 Å². The lowest BCUT2D eigenvalue weighted by atomic mass is 9.91. The lowest BCUT2D eigenvalue weighted by Crippen LogP contribution is -2.51. The molecule has 2 aliphatic heterocycles. The molecule has 6 rings (SSSR count). The molecule has 3 aromatic carbocycles. The monoisotopic (exact) mass is 471 g/mol. The highest BCUT2D eigenvalue weighted by Crippen LogP contribution is 2.49. The molecule has 35 heavy (non-hydrogen) atoms. The van der Waals surface area contributed by atoms with E-state index in [2.05, 4.69) is 28.4 Å². The zero-order chi connectivity index (χ0) is 24.3. The molecule has 180 valence electrons. The Morgan fingerprint density at radius 1 is 1.03 bits per heavy atom. The molecule has 0 bridgehead atoms. The van der Waals surface area contributed by atoms with Crippen molar-refractivity contribution >= 4 is 28.3 Å². The van der Waals surface area contributed by atoms with Gasteiger partial charge in [-0.05, 0) is 40.8 Å². The third-order valence-electron chi connectivity index (χ3n) is 8.04. The number of carbonyl (C=O) groups excluding carboxylic acids is 2. The van der Waals surface area contributed by atoms with E-state index >= 15 is 0 Å². The lowest BCUT2D eigenvalue weighted by molar-refractivity contribution is -0.143. The largest absolute Gasteiger partial charge is 0.386 e. The Bertz CT molecular complexity index is 1330. The number of hydrogen-bond donors (Lipinski definition) is 3. The summed E-state index contributed by atoms with van der Waals surface area (Å²) in [6, 6.07) is 19.4. The van der Waals surface area contributed by atoms with Crippen LogP contribution < -0.4 is 10.2 Å². The van der Waals surface area contributed by atoms with Crippen LogP contribution in [0.25, 0.3) is 10.8 Å². The first-order valence-electron chi connectivity index (χ1n) is 12.2. The number of benzene rings is 3. The maximum atomic E-state index is 13.5. The molecule has 3 aromatic rings. The predicted octanol–water partition coefficient (Wildman–Crippen LogP) is 2.76. The molecule has 2 heterocycles. The number of rotatable bonds is 4. The minimum atomic E-state index is -1.85. The Morgan fingerprint density at radius 3 is 2.43 bits per heavy atom. The van der Waals surface area contributed by atoms with Crippen LogP contribution in [0.4, 0.5) is 5.69 Å². The summed E-state index contributed by atoms with van der Waals surface area (Å²) in [5, 5.41) is 27.4. The van der Waals surface area contributed by atoms with Crippen LogP contribution in [0.15, 0.2) is 60.7 Å². The van der Waals surface area contributed by atoms with Gasteiger partial charge in [-0.15, -0.1) is 0 Å². The van der Waals surface area contributed by atoms with Gasteiger partial charge in [0.15, 0.2) is 5.60 Å². The molecule has 7 nitrogen and oxygen atoms in total. The highest BCUT2D eigenvalue weighted by Gasteiger charge is 2.53. The minimum Gasteiger partial charge on any atom is -0.386 e. The van der Waals surface area contributed by atoms with Gasteiger partial charge in [0.2, 0.25) is 5.91 Å². The number of nitrogens with zero attached hydrogens (tertiary/aromatic N) is 2. The van der Waals surface area contributed by atoms with Crippen molar-refractivity contribution < 1.29 is 19.8 Å². The lowest BCUT2D eigenvalue weighted by Gasteiger charge is -2.41. The first kappa shape index (κ1) is 22.2. The Kier molecular flexibility index (Phi) is 5.18. The normalized spacial score (nSPS) is 26.4. The van der Waals surface area contributed by atoms with Crippen molar-refractivity contribution in [2.75, 3.05) is 25.0 Å². The second kappa shape index (κ2) is 8.16. The summed E-state index contributed by atoms with van der Waals surface area (Å²) in [6.45, 7) is 1.44. The molecule has 7 heteroatoms. The molecule has 0 spiro atoms. The van der Waals surface area contributed by atoms with E-state index in [0.717, 1.165) is 35.0 Å². The van der Waals surface area contributed by atoms with Crippen molar-refractivity contribution in [1.29, 1.82) is 0 Å². The van der Waals surface area contributed by atoms with Crippen molar-refractivity contribution in [1.82, 2.24) is 10.2 Å². The fraction of sp³-hybridized carbons (Fsp3) is 0.357. The van der Waals surface area contributed by atoms with E-state index in [1.54, 1.807) is 17.0 Å². The number of hydrogen-bond acceptors (Lipinski definition) is 5. The molecular weight excluding hydrogens is 442 g/mol. The molecule has 1 saturated heterocycles. The number of aliphatic hydroxyl groups excluding tert-OH is 1. The molecular formula is C28H29N3O4. The molecule has 1 fully saturated rings. The Hall–Kier alpha value is -3.26. The van der Waals surface area contributed by atoms with Crippen molar-refractivity contribution in [2.45, 2.75) is 43.1 Å². The van der Waals surface area contributed by atoms with Crippen LogP contribution in [0.1, 0.15) is 48.1 Å². The topological polar surface area (TPSA) is 93.1 Å².